The lowest BCUT2D eigenvalue weighted by Gasteiger charge is -2.06. The second-order valence-corrected chi connectivity index (χ2v) is 10.3. The van der Waals surface area contributed by atoms with Crippen LogP contribution in [0.5, 0.6) is 0 Å². The number of aromatic nitrogens is 4. The molecule has 4 aromatic heterocycles. The van der Waals surface area contributed by atoms with Gasteiger partial charge in [-0.05, 0) is 49.1 Å². The molecule has 34 heavy (non-hydrogen) atoms. The van der Waals surface area contributed by atoms with Gasteiger partial charge in [-0.2, -0.15) is 0 Å². The third-order valence-corrected chi connectivity index (χ3v) is 8.05. The van der Waals surface area contributed by atoms with Gasteiger partial charge < -0.3 is 14.7 Å². The average molecular weight is 488 g/mol. The molecule has 0 saturated heterocycles. The Kier molecular flexibility index (Phi) is 5.43. The standard InChI is InChI=1S/C25H21N5O2S2/c31-22(14-33-13-20-28-24(32)23-17-4-3-5-19(17)34-25(23)29-20)26-16-9-7-15(8-10-16)18-12-30-11-2-1-6-21(30)27-18/h1-2,6-12H,3-5,13-14H2,(H,26,31)(H,28,29,32). The number of hydrogen-bond donors (Lipinski definition) is 2. The van der Waals surface area contributed by atoms with Crippen LogP contribution in [-0.2, 0) is 23.4 Å². The highest BCUT2D eigenvalue weighted by Crippen LogP contribution is 2.34. The minimum Gasteiger partial charge on any atom is -0.325 e. The fourth-order valence-electron chi connectivity index (χ4n) is 4.35. The first kappa shape index (κ1) is 21.1. The number of aryl methyl sites for hydroxylation is 2. The molecule has 1 aliphatic rings. The molecule has 1 amide bonds. The molecular formula is C25H21N5O2S2. The molecule has 0 spiro atoms. The van der Waals surface area contributed by atoms with Gasteiger partial charge in [-0.15, -0.1) is 23.1 Å². The van der Waals surface area contributed by atoms with E-state index in [1.54, 1.807) is 11.3 Å². The maximum atomic E-state index is 12.6. The number of fused-ring (bicyclic) bond motifs is 4. The molecule has 2 N–H and O–H groups in total. The topological polar surface area (TPSA) is 92.1 Å². The lowest BCUT2D eigenvalue weighted by atomic mass is 10.1. The van der Waals surface area contributed by atoms with Crippen molar-refractivity contribution >= 4 is 50.6 Å². The zero-order valence-corrected chi connectivity index (χ0v) is 19.8. The van der Waals surface area contributed by atoms with Gasteiger partial charge in [-0.3, -0.25) is 9.59 Å². The van der Waals surface area contributed by atoms with Gasteiger partial charge in [0.1, 0.15) is 16.3 Å². The predicted molar refractivity (Wildman–Crippen MR) is 138 cm³/mol. The first-order valence-electron chi connectivity index (χ1n) is 11.1. The second-order valence-electron chi connectivity index (χ2n) is 8.26. The fourth-order valence-corrected chi connectivity index (χ4v) is 6.32. The Morgan fingerprint density at radius 2 is 2.03 bits per heavy atom. The number of nitrogens with one attached hydrogen (secondary N) is 2. The van der Waals surface area contributed by atoms with E-state index >= 15 is 0 Å². The number of amides is 1. The molecule has 1 aliphatic carbocycles. The number of imidazole rings is 1. The van der Waals surface area contributed by atoms with Gasteiger partial charge in [-0.1, -0.05) is 18.2 Å². The van der Waals surface area contributed by atoms with Gasteiger partial charge in [0.2, 0.25) is 5.91 Å². The summed E-state index contributed by atoms with van der Waals surface area (Å²) in [6.45, 7) is 0. The van der Waals surface area contributed by atoms with Gasteiger partial charge in [0.05, 0.1) is 22.6 Å². The normalized spacial score (nSPS) is 12.9. The highest BCUT2D eigenvalue weighted by atomic mass is 32.2. The van der Waals surface area contributed by atoms with Crippen molar-refractivity contribution < 1.29 is 4.79 Å². The van der Waals surface area contributed by atoms with Crippen molar-refractivity contribution in [1.29, 1.82) is 0 Å². The van der Waals surface area contributed by atoms with Gasteiger partial charge in [0, 0.05) is 28.5 Å². The largest absolute Gasteiger partial charge is 0.325 e. The van der Waals surface area contributed by atoms with Crippen LogP contribution in [0.3, 0.4) is 0 Å². The van der Waals surface area contributed by atoms with Crippen molar-refractivity contribution in [3.05, 3.63) is 81.5 Å². The number of pyridine rings is 1. The Labute approximate surface area is 203 Å². The molecule has 1 aromatic carbocycles. The molecule has 0 saturated carbocycles. The highest BCUT2D eigenvalue weighted by Gasteiger charge is 2.21. The molecule has 5 aromatic rings. The Morgan fingerprint density at radius 1 is 1.15 bits per heavy atom. The van der Waals surface area contributed by atoms with Crippen LogP contribution in [0.25, 0.3) is 27.1 Å². The summed E-state index contributed by atoms with van der Waals surface area (Å²) in [4.78, 5) is 39.2. The number of aromatic amines is 1. The Balaban J connectivity index is 1.06. The summed E-state index contributed by atoms with van der Waals surface area (Å²) in [6, 6.07) is 13.6. The molecule has 0 fully saturated rings. The second kappa shape index (κ2) is 8.73. The van der Waals surface area contributed by atoms with Crippen LogP contribution >= 0.6 is 23.1 Å². The van der Waals surface area contributed by atoms with E-state index in [2.05, 4.69) is 20.3 Å². The van der Waals surface area contributed by atoms with E-state index in [-0.39, 0.29) is 17.2 Å². The van der Waals surface area contributed by atoms with E-state index in [0.29, 0.717) is 11.6 Å². The number of rotatable bonds is 6. The maximum Gasteiger partial charge on any atom is 0.259 e. The molecule has 0 radical (unpaired) electrons. The van der Waals surface area contributed by atoms with Gasteiger partial charge >= 0.3 is 0 Å². The smallest absolute Gasteiger partial charge is 0.259 e. The average Bonchev–Trinajstić information content (AvgIpc) is 3.53. The number of benzene rings is 1. The third kappa shape index (κ3) is 4.01. The molecule has 7 nitrogen and oxygen atoms in total. The summed E-state index contributed by atoms with van der Waals surface area (Å²) in [5.41, 5.74) is 4.62. The van der Waals surface area contributed by atoms with Crippen molar-refractivity contribution in [3.8, 4) is 11.3 Å². The van der Waals surface area contributed by atoms with E-state index in [4.69, 9.17) is 0 Å². The molecule has 170 valence electrons. The molecule has 6 rings (SSSR count). The van der Waals surface area contributed by atoms with Crippen LogP contribution in [0.15, 0.2) is 59.7 Å². The number of carbonyl (C=O) groups excluding carboxylic acids is 1. The van der Waals surface area contributed by atoms with Gasteiger partial charge in [-0.25, -0.2) is 9.97 Å². The van der Waals surface area contributed by atoms with E-state index in [1.807, 2.05) is 59.3 Å². The van der Waals surface area contributed by atoms with Crippen molar-refractivity contribution in [2.24, 2.45) is 0 Å². The first-order valence-corrected chi connectivity index (χ1v) is 13.1. The summed E-state index contributed by atoms with van der Waals surface area (Å²) in [5, 5.41) is 3.69. The van der Waals surface area contributed by atoms with Crippen molar-refractivity contribution in [2.75, 3.05) is 11.1 Å². The van der Waals surface area contributed by atoms with Crippen LogP contribution in [0.4, 0.5) is 5.69 Å². The minimum atomic E-state index is -0.0935. The molecule has 0 bridgehead atoms. The summed E-state index contributed by atoms with van der Waals surface area (Å²) >= 11 is 3.06. The lowest BCUT2D eigenvalue weighted by molar-refractivity contribution is -0.113. The van der Waals surface area contributed by atoms with Crippen LogP contribution in [0, 0.1) is 0 Å². The Hall–Kier alpha value is -3.43. The van der Waals surface area contributed by atoms with E-state index in [0.717, 1.165) is 52.1 Å². The summed E-state index contributed by atoms with van der Waals surface area (Å²) in [7, 11) is 0. The zero-order chi connectivity index (χ0) is 23.1. The van der Waals surface area contributed by atoms with E-state index < -0.39 is 0 Å². The number of anilines is 1. The maximum absolute atomic E-state index is 12.6. The highest BCUT2D eigenvalue weighted by molar-refractivity contribution is 7.99. The molecular weight excluding hydrogens is 466 g/mol. The molecule has 0 unspecified atom stereocenters. The molecule has 0 atom stereocenters. The van der Waals surface area contributed by atoms with Gasteiger partial charge in [0.15, 0.2) is 0 Å². The molecule has 0 aliphatic heterocycles. The number of thiophene rings is 1. The Bertz CT molecular complexity index is 1550. The van der Waals surface area contributed by atoms with Gasteiger partial charge in [0.25, 0.3) is 5.56 Å². The van der Waals surface area contributed by atoms with Crippen LogP contribution in [-0.4, -0.2) is 31.0 Å². The monoisotopic (exact) mass is 487 g/mol. The third-order valence-electron chi connectivity index (χ3n) is 5.92. The summed E-state index contributed by atoms with van der Waals surface area (Å²) in [6.07, 6.45) is 7.08. The van der Waals surface area contributed by atoms with Crippen LogP contribution < -0.4 is 10.9 Å². The van der Waals surface area contributed by atoms with E-state index in [9.17, 15) is 9.59 Å². The summed E-state index contributed by atoms with van der Waals surface area (Å²) in [5.74, 6) is 1.28. The minimum absolute atomic E-state index is 0.0600. The quantitative estimate of drug-likeness (QED) is 0.363. The predicted octanol–water partition coefficient (Wildman–Crippen LogP) is 4.66. The number of H-pyrrole nitrogens is 1. The SMILES string of the molecule is O=C(CSCc1nc2sc3c(c2c(=O)[nH]1)CCC3)Nc1ccc(-c2cn3ccccc3n2)cc1. The van der Waals surface area contributed by atoms with Crippen molar-refractivity contribution in [1.82, 2.24) is 19.4 Å². The number of carbonyl (C=O) groups is 1. The van der Waals surface area contributed by atoms with Crippen molar-refractivity contribution in [2.45, 2.75) is 25.0 Å². The van der Waals surface area contributed by atoms with Crippen LogP contribution in [0.2, 0.25) is 0 Å². The number of hydrogen-bond acceptors (Lipinski definition) is 6. The number of thioether (sulfide) groups is 1. The molecule has 9 heteroatoms. The number of nitrogens with zero attached hydrogens (tertiary/aromatic N) is 3. The van der Waals surface area contributed by atoms with Crippen molar-refractivity contribution in [3.63, 3.8) is 0 Å². The van der Waals surface area contributed by atoms with E-state index in [1.165, 1.54) is 22.2 Å². The Morgan fingerprint density at radius 3 is 2.88 bits per heavy atom. The summed E-state index contributed by atoms with van der Waals surface area (Å²) < 4.78 is 1.98. The lowest BCUT2D eigenvalue weighted by Crippen LogP contribution is -2.15. The molecule has 4 heterocycles. The fraction of sp³-hybridized carbons (Fsp3) is 0.200. The zero-order valence-electron chi connectivity index (χ0n) is 18.2. The first-order chi connectivity index (χ1) is 16.6. The van der Waals surface area contributed by atoms with Crippen LogP contribution in [0.1, 0.15) is 22.7 Å².